The summed E-state index contributed by atoms with van der Waals surface area (Å²) in [7, 11) is 0. The Kier molecular flexibility index (Phi) is 3.72. The van der Waals surface area contributed by atoms with Crippen molar-refractivity contribution in [3.63, 3.8) is 0 Å². The van der Waals surface area contributed by atoms with Crippen molar-refractivity contribution >= 4 is 5.69 Å². The lowest BCUT2D eigenvalue weighted by Crippen LogP contribution is -2.04. The van der Waals surface area contributed by atoms with E-state index in [-0.39, 0.29) is 0 Å². The van der Waals surface area contributed by atoms with E-state index in [2.05, 4.69) is 22.4 Å². The molecular formula is C14H13N3. The molecule has 0 fully saturated rings. The Hall–Kier alpha value is -2.34. The molecule has 0 aliphatic rings. The van der Waals surface area contributed by atoms with Gasteiger partial charge in [0.15, 0.2) is 0 Å². The summed E-state index contributed by atoms with van der Waals surface area (Å²) in [5.41, 5.74) is 2.86. The maximum absolute atomic E-state index is 8.78. The van der Waals surface area contributed by atoms with Crippen molar-refractivity contribution in [2.24, 2.45) is 0 Å². The summed E-state index contributed by atoms with van der Waals surface area (Å²) in [6, 6.07) is 13.6. The molecule has 0 atom stereocenters. The van der Waals surface area contributed by atoms with Crippen molar-refractivity contribution < 1.29 is 0 Å². The number of rotatable bonds is 4. The Morgan fingerprint density at radius 2 is 2.18 bits per heavy atom. The van der Waals surface area contributed by atoms with Gasteiger partial charge in [-0.15, -0.1) is 0 Å². The third-order valence-electron chi connectivity index (χ3n) is 2.46. The van der Waals surface area contributed by atoms with E-state index in [1.165, 1.54) is 5.56 Å². The lowest BCUT2D eigenvalue weighted by Gasteiger charge is -2.06. The van der Waals surface area contributed by atoms with Gasteiger partial charge in [-0.2, -0.15) is 5.26 Å². The van der Waals surface area contributed by atoms with E-state index in [0.29, 0.717) is 5.56 Å². The number of pyridine rings is 1. The highest BCUT2D eigenvalue weighted by molar-refractivity contribution is 5.49. The van der Waals surface area contributed by atoms with Crippen molar-refractivity contribution in [2.75, 3.05) is 11.9 Å². The molecule has 3 nitrogen and oxygen atoms in total. The van der Waals surface area contributed by atoms with E-state index >= 15 is 0 Å². The van der Waals surface area contributed by atoms with Gasteiger partial charge in [0.05, 0.1) is 11.6 Å². The van der Waals surface area contributed by atoms with Crippen LogP contribution in [-0.2, 0) is 6.42 Å². The van der Waals surface area contributed by atoms with Gasteiger partial charge in [0, 0.05) is 24.6 Å². The number of nitrogens with zero attached hydrogens (tertiary/aromatic N) is 2. The van der Waals surface area contributed by atoms with Crippen LogP contribution in [0.3, 0.4) is 0 Å². The van der Waals surface area contributed by atoms with Crippen molar-refractivity contribution in [1.29, 1.82) is 5.26 Å². The Labute approximate surface area is 101 Å². The number of hydrogen-bond donors (Lipinski definition) is 1. The van der Waals surface area contributed by atoms with Crippen LogP contribution in [-0.4, -0.2) is 11.5 Å². The van der Waals surface area contributed by atoms with Crippen molar-refractivity contribution in [1.82, 2.24) is 4.98 Å². The summed E-state index contributed by atoms with van der Waals surface area (Å²) >= 11 is 0. The van der Waals surface area contributed by atoms with Gasteiger partial charge in [-0.25, -0.2) is 0 Å². The van der Waals surface area contributed by atoms with E-state index in [1.54, 1.807) is 12.3 Å². The van der Waals surface area contributed by atoms with Crippen LogP contribution in [0.15, 0.2) is 48.8 Å². The molecule has 0 unspecified atom stereocenters. The van der Waals surface area contributed by atoms with Crippen LogP contribution in [0.4, 0.5) is 5.69 Å². The van der Waals surface area contributed by atoms with E-state index in [1.807, 2.05) is 30.5 Å². The molecular weight excluding hydrogens is 210 g/mol. The first kappa shape index (κ1) is 11.2. The number of anilines is 1. The molecule has 0 bridgehead atoms. The van der Waals surface area contributed by atoms with Crippen LogP contribution in [0.5, 0.6) is 0 Å². The Morgan fingerprint density at radius 1 is 1.24 bits per heavy atom. The summed E-state index contributed by atoms with van der Waals surface area (Å²) in [6.45, 7) is 0.834. The highest BCUT2D eigenvalue weighted by Crippen LogP contribution is 2.09. The molecule has 0 radical (unpaired) electrons. The van der Waals surface area contributed by atoms with Crippen molar-refractivity contribution in [3.05, 3.63) is 59.9 Å². The van der Waals surface area contributed by atoms with Crippen molar-refractivity contribution in [3.8, 4) is 6.07 Å². The van der Waals surface area contributed by atoms with Gasteiger partial charge >= 0.3 is 0 Å². The summed E-state index contributed by atoms with van der Waals surface area (Å²) in [5.74, 6) is 0. The predicted molar refractivity (Wildman–Crippen MR) is 67.6 cm³/mol. The molecule has 2 aromatic rings. The van der Waals surface area contributed by atoms with E-state index in [0.717, 1.165) is 18.7 Å². The number of benzene rings is 1. The van der Waals surface area contributed by atoms with E-state index in [4.69, 9.17) is 5.26 Å². The third-order valence-corrected chi connectivity index (χ3v) is 2.46. The third kappa shape index (κ3) is 3.32. The van der Waals surface area contributed by atoms with Crippen LogP contribution < -0.4 is 5.32 Å². The molecule has 1 N–H and O–H groups in total. The van der Waals surface area contributed by atoms with Gasteiger partial charge in [-0.1, -0.05) is 12.1 Å². The second kappa shape index (κ2) is 5.66. The highest BCUT2D eigenvalue weighted by atomic mass is 14.9. The number of aromatic nitrogens is 1. The average Bonchev–Trinajstić information content (AvgIpc) is 2.40. The Bertz CT molecular complexity index is 514. The molecule has 84 valence electrons. The first-order valence-electron chi connectivity index (χ1n) is 5.51. The van der Waals surface area contributed by atoms with Gasteiger partial charge in [-0.05, 0) is 36.2 Å². The molecule has 17 heavy (non-hydrogen) atoms. The smallest absolute Gasteiger partial charge is 0.0992 e. The summed E-state index contributed by atoms with van der Waals surface area (Å²) < 4.78 is 0. The summed E-state index contributed by atoms with van der Waals surface area (Å²) in [6.07, 6.45) is 4.56. The molecule has 0 amide bonds. The van der Waals surface area contributed by atoms with Gasteiger partial charge in [0.25, 0.3) is 0 Å². The minimum absolute atomic E-state index is 0.677. The zero-order valence-corrected chi connectivity index (χ0v) is 9.43. The Balaban J connectivity index is 1.88. The number of hydrogen-bond acceptors (Lipinski definition) is 3. The summed E-state index contributed by atoms with van der Waals surface area (Å²) in [5, 5.41) is 12.1. The van der Waals surface area contributed by atoms with Gasteiger partial charge < -0.3 is 5.32 Å². The molecule has 1 aromatic heterocycles. The average molecular weight is 223 g/mol. The van der Waals surface area contributed by atoms with E-state index < -0.39 is 0 Å². The predicted octanol–water partition coefficient (Wildman–Crippen LogP) is 2.61. The largest absolute Gasteiger partial charge is 0.385 e. The topological polar surface area (TPSA) is 48.7 Å². The van der Waals surface area contributed by atoms with Gasteiger partial charge in [-0.3, -0.25) is 4.98 Å². The maximum Gasteiger partial charge on any atom is 0.0992 e. The molecule has 0 saturated heterocycles. The van der Waals surface area contributed by atoms with Gasteiger partial charge in [0.2, 0.25) is 0 Å². The fourth-order valence-electron chi connectivity index (χ4n) is 1.60. The van der Waals surface area contributed by atoms with Crippen molar-refractivity contribution in [2.45, 2.75) is 6.42 Å². The standard InChI is InChI=1S/C14H13N3/c15-10-13-3-1-5-14(9-13)17-8-6-12-4-2-7-16-11-12/h1-5,7,9,11,17H,6,8H2. The molecule has 1 heterocycles. The number of nitrogens with one attached hydrogen (secondary N) is 1. The maximum atomic E-state index is 8.78. The lowest BCUT2D eigenvalue weighted by molar-refractivity contribution is 1.00. The zero-order chi connectivity index (χ0) is 11.9. The monoisotopic (exact) mass is 223 g/mol. The first-order chi connectivity index (χ1) is 8.38. The lowest BCUT2D eigenvalue weighted by atomic mass is 10.2. The van der Waals surface area contributed by atoms with Crippen LogP contribution in [0.1, 0.15) is 11.1 Å². The minimum atomic E-state index is 0.677. The van der Waals surface area contributed by atoms with Crippen LogP contribution >= 0.6 is 0 Å². The highest BCUT2D eigenvalue weighted by Gasteiger charge is 1.95. The fourth-order valence-corrected chi connectivity index (χ4v) is 1.60. The molecule has 0 saturated carbocycles. The normalized spacial score (nSPS) is 9.59. The minimum Gasteiger partial charge on any atom is -0.385 e. The molecule has 3 heteroatoms. The molecule has 0 spiro atoms. The van der Waals surface area contributed by atoms with Crippen LogP contribution in [0.25, 0.3) is 0 Å². The van der Waals surface area contributed by atoms with Gasteiger partial charge in [0.1, 0.15) is 0 Å². The fraction of sp³-hybridized carbons (Fsp3) is 0.143. The first-order valence-corrected chi connectivity index (χ1v) is 5.51. The quantitative estimate of drug-likeness (QED) is 0.866. The van der Waals surface area contributed by atoms with E-state index in [9.17, 15) is 0 Å². The zero-order valence-electron chi connectivity index (χ0n) is 9.43. The second-order valence-electron chi connectivity index (χ2n) is 3.73. The second-order valence-corrected chi connectivity index (χ2v) is 3.73. The molecule has 2 rings (SSSR count). The molecule has 0 aliphatic carbocycles. The van der Waals surface area contributed by atoms with Crippen LogP contribution in [0.2, 0.25) is 0 Å². The summed E-state index contributed by atoms with van der Waals surface area (Å²) in [4.78, 5) is 4.07. The molecule has 0 aliphatic heterocycles. The molecule has 1 aromatic carbocycles. The number of nitriles is 1. The van der Waals surface area contributed by atoms with Crippen LogP contribution in [0, 0.1) is 11.3 Å². The SMILES string of the molecule is N#Cc1cccc(NCCc2cccnc2)c1. The Morgan fingerprint density at radius 3 is 2.94 bits per heavy atom.